The lowest BCUT2D eigenvalue weighted by atomic mass is 10.2. The summed E-state index contributed by atoms with van der Waals surface area (Å²) in [6.45, 7) is 0.698. The molecule has 0 spiro atoms. The first kappa shape index (κ1) is 24.4. The fourth-order valence-corrected chi connectivity index (χ4v) is 2.58. The SMILES string of the molecule is COc1ccc(/C=C/C(=O)N[C@@H](C)C(=O)OCC(=O)Nc2ccc(Cl)cc2[N+](=O)[O-])cc1. The van der Waals surface area contributed by atoms with E-state index >= 15 is 0 Å². The summed E-state index contributed by atoms with van der Waals surface area (Å²) in [5.41, 5.74) is 0.260. The average Bonchev–Trinajstić information content (AvgIpc) is 2.77. The van der Waals surface area contributed by atoms with Crippen molar-refractivity contribution < 1.29 is 28.8 Å². The summed E-state index contributed by atoms with van der Waals surface area (Å²) >= 11 is 5.72. The third kappa shape index (κ3) is 7.40. The molecule has 0 heterocycles. The van der Waals surface area contributed by atoms with Gasteiger partial charge in [0, 0.05) is 17.2 Å². The van der Waals surface area contributed by atoms with Gasteiger partial charge in [-0.15, -0.1) is 0 Å². The number of amides is 2. The van der Waals surface area contributed by atoms with Gasteiger partial charge in [-0.25, -0.2) is 4.79 Å². The number of hydrogen-bond acceptors (Lipinski definition) is 7. The lowest BCUT2D eigenvalue weighted by molar-refractivity contribution is -0.383. The summed E-state index contributed by atoms with van der Waals surface area (Å²) in [5.74, 6) is -1.50. The van der Waals surface area contributed by atoms with E-state index < -0.39 is 41.0 Å². The Morgan fingerprint density at radius 2 is 1.88 bits per heavy atom. The molecule has 0 fully saturated rings. The van der Waals surface area contributed by atoms with Gasteiger partial charge in [0.2, 0.25) is 5.91 Å². The largest absolute Gasteiger partial charge is 0.497 e. The minimum absolute atomic E-state index is 0.0922. The molecule has 0 radical (unpaired) electrons. The smallest absolute Gasteiger partial charge is 0.328 e. The van der Waals surface area contributed by atoms with Gasteiger partial charge in [-0.1, -0.05) is 23.7 Å². The lowest BCUT2D eigenvalue weighted by Crippen LogP contribution is -2.39. The molecule has 0 bridgehead atoms. The number of nitrogens with one attached hydrogen (secondary N) is 2. The molecule has 11 heteroatoms. The Labute approximate surface area is 188 Å². The van der Waals surface area contributed by atoms with Crippen LogP contribution in [-0.4, -0.2) is 42.5 Å². The Morgan fingerprint density at radius 1 is 1.19 bits per heavy atom. The molecule has 0 aromatic heterocycles. The van der Waals surface area contributed by atoms with Crippen molar-refractivity contribution >= 4 is 46.8 Å². The van der Waals surface area contributed by atoms with Crippen LogP contribution in [0.3, 0.4) is 0 Å². The van der Waals surface area contributed by atoms with Gasteiger partial charge in [0.05, 0.1) is 12.0 Å². The molecular weight excluding hydrogens is 442 g/mol. The van der Waals surface area contributed by atoms with E-state index in [2.05, 4.69) is 10.6 Å². The molecule has 0 unspecified atom stereocenters. The third-order valence-electron chi connectivity index (χ3n) is 4.03. The van der Waals surface area contributed by atoms with Crippen molar-refractivity contribution in [3.8, 4) is 5.75 Å². The lowest BCUT2D eigenvalue weighted by Gasteiger charge is -2.12. The second-order valence-electron chi connectivity index (χ2n) is 6.41. The van der Waals surface area contributed by atoms with Crippen LogP contribution in [-0.2, 0) is 19.1 Å². The van der Waals surface area contributed by atoms with Gasteiger partial charge in [-0.3, -0.25) is 19.7 Å². The summed E-state index contributed by atoms with van der Waals surface area (Å²) < 4.78 is 9.90. The van der Waals surface area contributed by atoms with E-state index in [-0.39, 0.29) is 10.7 Å². The Balaban J connectivity index is 1.83. The Bertz CT molecular complexity index is 1040. The molecule has 2 aromatic rings. The molecule has 168 valence electrons. The zero-order chi connectivity index (χ0) is 23.7. The zero-order valence-electron chi connectivity index (χ0n) is 17.2. The summed E-state index contributed by atoms with van der Waals surface area (Å²) in [5, 5.41) is 15.9. The van der Waals surface area contributed by atoms with E-state index in [1.54, 1.807) is 37.5 Å². The second-order valence-corrected chi connectivity index (χ2v) is 6.85. The minimum atomic E-state index is -1.03. The fourth-order valence-electron chi connectivity index (χ4n) is 2.42. The molecule has 2 rings (SSSR count). The Morgan fingerprint density at radius 3 is 2.50 bits per heavy atom. The highest BCUT2D eigenvalue weighted by atomic mass is 35.5. The molecule has 0 aliphatic heterocycles. The highest BCUT2D eigenvalue weighted by Gasteiger charge is 2.20. The first-order valence-electron chi connectivity index (χ1n) is 9.22. The second kappa shape index (κ2) is 11.5. The van der Waals surface area contributed by atoms with Crippen LogP contribution in [0.25, 0.3) is 6.08 Å². The Hall–Kier alpha value is -3.92. The average molecular weight is 462 g/mol. The van der Waals surface area contributed by atoms with Gasteiger partial charge in [0.15, 0.2) is 6.61 Å². The number of nitro groups is 1. The molecular formula is C21H20ClN3O7. The van der Waals surface area contributed by atoms with E-state index in [0.29, 0.717) is 5.75 Å². The topological polar surface area (TPSA) is 137 Å². The van der Waals surface area contributed by atoms with Crippen molar-refractivity contribution in [1.82, 2.24) is 5.32 Å². The van der Waals surface area contributed by atoms with Crippen LogP contribution in [0.4, 0.5) is 11.4 Å². The van der Waals surface area contributed by atoms with Crippen LogP contribution in [0.15, 0.2) is 48.5 Å². The zero-order valence-corrected chi connectivity index (χ0v) is 17.9. The normalized spacial score (nSPS) is 11.5. The van der Waals surface area contributed by atoms with E-state index in [9.17, 15) is 24.5 Å². The first-order valence-corrected chi connectivity index (χ1v) is 9.60. The summed E-state index contributed by atoms with van der Waals surface area (Å²) in [4.78, 5) is 46.3. The van der Waals surface area contributed by atoms with Crippen molar-refractivity contribution in [3.63, 3.8) is 0 Å². The monoisotopic (exact) mass is 461 g/mol. The van der Waals surface area contributed by atoms with Gasteiger partial charge >= 0.3 is 5.97 Å². The molecule has 32 heavy (non-hydrogen) atoms. The summed E-state index contributed by atoms with van der Waals surface area (Å²) in [7, 11) is 1.55. The summed E-state index contributed by atoms with van der Waals surface area (Å²) in [6.07, 6.45) is 2.80. The van der Waals surface area contributed by atoms with Crippen LogP contribution in [0.5, 0.6) is 5.75 Å². The molecule has 2 amide bonds. The number of carbonyl (C=O) groups excluding carboxylic acids is 3. The highest BCUT2D eigenvalue weighted by molar-refractivity contribution is 6.31. The number of esters is 1. The van der Waals surface area contributed by atoms with Crippen LogP contribution in [0.1, 0.15) is 12.5 Å². The maximum atomic E-state index is 12.0. The molecule has 0 saturated heterocycles. The molecule has 2 aromatic carbocycles. The number of benzene rings is 2. The maximum absolute atomic E-state index is 12.0. The Kier molecular flexibility index (Phi) is 8.72. The van der Waals surface area contributed by atoms with E-state index in [0.717, 1.165) is 11.6 Å². The quantitative estimate of drug-likeness (QED) is 0.253. The number of halogens is 1. The molecule has 10 nitrogen and oxygen atoms in total. The third-order valence-corrected chi connectivity index (χ3v) is 4.27. The van der Waals surface area contributed by atoms with Crippen LogP contribution in [0.2, 0.25) is 5.02 Å². The molecule has 1 atom stereocenters. The molecule has 0 aliphatic rings. The highest BCUT2D eigenvalue weighted by Crippen LogP contribution is 2.27. The van der Waals surface area contributed by atoms with Gasteiger partial charge in [-0.05, 0) is 42.8 Å². The van der Waals surface area contributed by atoms with Crippen LogP contribution < -0.4 is 15.4 Å². The van der Waals surface area contributed by atoms with Crippen LogP contribution >= 0.6 is 11.6 Å². The number of rotatable bonds is 9. The summed E-state index contributed by atoms with van der Waals surface area (Å²) in [6, 6.07) is 9.67. The molecule has 2 N–H and O–H groups in total. The van der Waals surface area contributed by atoms with Crippen molar-refractivity contribution in [2.24, 2.45) is 0 Å². The van der Waals surface area contributed by atoms with Gasteiger partial charge < -0.3 is 20.1 Å². The predicted octanol–water partition coefficient (Wildman–Crippen LogP) is 2.96. The fraction of sp³-hybridized carbons (Fsp3) is 0.190. The number of methoxy groups -OCH3 is 1. The predicted molar refractivity (Wildman–Crippen MR) is 117 cm³/mol. The van der Waals surface area contributed by atoms with Crippen molar-refractivity contribution in [3.05, 3.63) is 69.2 Å². The van der Waals surface area contributed by atoms with E-state index in [1.165, 1.54) is 25.1 Å². The number of nitrogens with zero attached hydrogens (tertiary/aromatic N) is 1. The molecule has 0 aliphatic carbocycles. The van der Waals surface area contributed by atoms with E-state index in [1.807, 2.05) is 0 Å². The van der Waals surface area contributed by atoms with Crippen molar-refractivity contribution in [2.75, 3.05) is 19.0 Å². The van der Waals surface area contributed by atoms with Gasteiger partial charge in [0.1, 0.15) is 17.5 Å². The number of anilines is 1. The van der Waals surface area contributed by atoms with E-state index in [4.69, 9.17) is 21.1 Å². The number of ether oxygens (including phenoxy) is 2. The first-order chi connectivity index (χ1) is 15.2. The maximum Gasteiger partial charge on any atom is 0.328 e. The van der Waals surface area contributed by atoms with Gasteiger partial charge in [-0.2, -0.15) is 0 Å². The number of nitro benzene ring substituents is 1. The van der Waals surface area contributed by atoms with Gasteiger partial charge in [0.25, 0.3) is 11.6 Å². The number of carbonyl (C=O) groups is 3. The van der Waals surface area contributed by atoms with Crippen molar-refractivity contribution in [1.29, 1.82) is 0 Å². The minimum Gasteiger partial charge on any atom is -0.497 e. The standard InChI is InChI=1S/C21H20ClN3O7/c1-13(23-19(26)10-5-14-3-7-16(31-2)8-4-14)21(28)32-12-20(27)24-17-9-6-15(22)11-18(17)25(29)30/h3-11,13H,12H2,1-2H3,(H,23,26)(H,24,27)/b10-5+/t13-/m0/s1. The van der Waals surface area contributed by atoms with Crippen molar-refractivity contribution in [2.45, 2.75) is 13.0 Å². The van der Waals surface area contributed by atoms with Crippen LogP contribution in [0, 0.1) is 10.1 Å². The molecule has 0 saturated carbocycles. The number of hydrogen-bond donors (Lipinski definition) is 2.